The minimum Gasteiger partial charge on any atom is -0.486 e. The van der Waals surface area contributed by atoms with Crippen molar-refractivity contribution in [2.24, 2.45) is 5.73 Å². The highest BCUT2D eigenvalue weighted by atomic mass is 19.2. The molecule has 1 aromatic carbocycles. The normalized spacial score (nSPS) is 16.9. The second-order valence-electron chi connectivity index (χ2n) is 5.91. The summed E-state index contributed by atoms with van der Waals surface area (Å²) in [5.41, 5.74) is 1.34. The summed E-state index contributed by atoms with van der Waals surface area (Å²) in [6, 6.07) is 0. The van der Waals surface area contributed by atoms with Crippen molar-refractivity contribution in [3.63, 3.8) is 0 Å². The van der Waals surface area contributed by atoms with Crippen molar-refractivity contribution in [2.45, 2.75) is 18.4 Å². The molecule has 2 N–H and O–H groups in total. The number of pyridine rings is 1. The molecule has 1 amide bonds. The van der Waals surface area contributed by atoms with Crippen LogP contribution in [0.1, 0.15) is 23.2 Å². The van der Waals surface area contributed by atoms with Crippen LogP contribution in [-0.4, -0.2) is 22.0 Å². The zero-order chi connectivity index (χ0) is 17.4. The van der Waals surface area contributed by atoms with Crippen molar-refractivity contribution >= 4 is 22.5 Å². The van der Waals surface area contributed by atoms with Crippen LogP contribution in [0.3, 0.4) is 0 Å². The van der Waals surface area contributed by atoms with Crippen LogP contribution < -0.4 is 15.9 Å². The third-order valence-corrected chi connectivity index (χ3v) is 4.53. The van der Waals surface area contributed by atoms with Crippen LogP contribution in [0.2, 0.25) is 0 Å². The van der Waals surface area contributed by atoms with E-state index in [4.69, 9.17) is 10.5 Å². The smallest absolute Gasteiger partial charge is 0.321 e. The molecule has 2 heterocycles. The Bertz CT molecular complexity index is 1030. The molecule has 0 bridgehead atoms. The quantitative estimate of drug-likeness (QED) is 0.652. The zero-order valence-corrected chi connectivity index (χ0v) is 12.0. The topological polar surface area (TPSA) is 117 Å². The number of carbonyl (C=O) groups excluding carboxylic acids is 1. The number of ether oxygens (including phenoxy) is 1. The van der Waals surface area contributed by atoms with Crippen LogP contribution in [0.4, 0.5) is 14.5 Å². The summed E-state index contributed by atoms with van der Waals surface area (Å²) >= 11 is 0. The van der Waals surface area contributed by atoms with Gasteiger partial charge in [0.2, 0.25) is 17.1 Å². The van der Waals surface area contributed by atoms with Gasteiger partial charge in [-0.25, -0.2) is 0 Å². The Hall–Kier alpha value is -3.04. The number of nitrogens with two attached hydrogens (primary N) is 1. The summed E-state index contributed by atoms with van der Waals surface area (Å²) < 4.78 is 35.0. The Morgan fingerprint density at radius 3 is 2.58 bits per heavy atom. The summed E-state index contributed by atoms with van der Waals surface area (Å²) in [7, 11) is 0. The van der Waals surface area contributed by atoms with Gasteiger partial charge in [-0.1, -0.05) is 0 Å². The number of rotatable bonds is 2. The Labute approximate surface area is 131 Å². The minimum absolute atomic E-state index is 0.00431. The monoisotopic (exact) mass is 337 g/mol. The fourth-order valence-corrected chi connectivity index (χ4v) is 3.13. The van der Waals surface area contributed by atoms with E-state index in [-0.39, 0.29) is 12.1 Å². The van der Waals surface area contributed by atoms with Gasteiger partial charge in [-0.15, -0.1) is 0 Å². The Morgan fingerprint density at radius 2 is 2.04 bits per heavy atom. The van der Waals surface area contributed by atoms with Gasteiger partial charge in [0.15, 0.2) is 5.75 Å². The number of primary amides is 1. The number of benzene rings is 1. The molecular weight excluding hydrogens is 328 g/mol. The minimum atomic E-state index is -1.81. The average molecular weight is 337 g/mol. The number of fused-ring (bicyclic) bond motifs is 1. The number of hydrogen-bond donors (Lipinski definition) is 1. The van der Waals surface area contributed by atoms with Crippen molar-refractivity contribution in [1.29, 1.82) is 0 Å². The maximum Gasteiger partial charge on any atom is 0.321 e. The zero-order valence-electron chi connectivity index (χ0n) is 12.0. The molecule has 1 fully saturated rings. The van der Waals surface area contributed by atoms with Crippen LogP contribution in [-0.2, 0) is 5.54 Å². The Kier molecular flexibility index (Phi) is 2.59. The van der Waals surface area contributed by atoms with E-state index in [1.54, 1.807) is 0 Å². The molecule has 10 heteroatoms. The van der Waals surface area contributed by atoms with Crippen LogP contribution in [0.15, 0.2) is 11.0 Å². The van der Waals surface area contributed by atoms with Crippen LogP contribution in [0.5, 0.6) is 5.75 Å². The lowest BCUT2D eigenvalue weighted by Crippen LogP contribution is -2.35. The molecular formula is C14H9F2N3O5. The van der Waals surface area contributed by atoms with Gasteiger partial charge in [0.05, 0.1) is 10.5 Å². The summed E-state index contributed by atoms with van der Waals surface area (Å²) in [5, 5.41) is 10.5. The summed E-state index contributed by atoms with van der Waals surface area (Å²) in [4.78, 5) is 34.0. The number of nitrogens with zero attached hydrogens (tertiary/aromatic N) is 2. The molecule has 24 heavy (non-hydrogen) atoms. The van der Waals surface area contributed by atoms with Gasteiger partial charge in [0.25, 0.3) is 5.91 Å². The van der Waals surface area contributed by atoms with E-state index in [9.17, 15) is 28.5 Å². The van der Waals surface area contributed by atoms with E-state index in [0.29, 0.717) is 12.8 Å². The van der Waals surface area contributed by atoms with E-state index < -0.39 is 55.8 Å². The lowest BCUT2D eigenvalue weighted by Gasteiger charge is -2.29. The van der Waals surface area contributed by atoms with E-state index in [1.165, 1.54) is 4.57 Å². The molecule has 0 radical (unpaired) electrons. The standard InChI is InChI=1S/C14H9F2N3O5/c15-7-8(16)12-10-6(9(7)19(22)23)11(20)5(13(17)21)3-18(10)14(1-2-14)4-24-12/h3H,1-2,4H2,(H2,17,21). The van der Waals surface area contributed by atoms with Crippen molar-refractivity contribution in [3.05, 3.63) is 43.7 Å². The first-order chi connectivity index (χ1) is 11.3. The van der Waals surface area contributed by atoms with Crippen molar-refractivity contribution in [1.82, 2.24) is 4.57 Å². The van der Waals surface area contributed by atoms with Crippen molar-refractivity contribution < 1.29 is 23.2 Å². The first-order valence-corrected chi connectivity index (χ1v) is 6.96. The van der Waals surface area contributed by atoms with Crippen molar-refractivity contribution in [3.8, 4) is 5.75 Å². The van der Waals surface area contributed by atoms with E-state index in [2.05, 4.69) is 0 Å². The average Bonchev–Trinajstić information content (AvgIpc) is 3.28. The summed E-state index contributed by atoms with van der Waals surface area (Å²) in [6.45, 7) is 0.00431. The third kappa shape index (κ3) is 1.59. The van der Waals surface area contributed by atoms with Gasteiger partial charge >= 0.3 is 5.69 Å². The number of nitro groups is 1. The number of nitro benzene ring substituents is 1. The molecule has 8 nitrogen and oxygen atoms in total. The molecule has 2 aliphatic rings. The second kappa shape index (κ2) is 4.28. The van der Waals surface area contributed by atoms with Crippen LogP contribution in [0.25, 0.3) is 10.9 Å². The molecule has 2 aromatic rings. The SMILES string of the molecule is NC(=O)c1cn2c3c(c(F)c(F)c([N+](=O)[O-])c3c1=O)OCC21CC1. The Balaban J connectivity index is 2.32. The van der Waals surface area contributed by atoms with E-state index in [1.807, 2.05) is 0 Å². The number of halogens is 2. The molecule has 1 aromatic heterocycles. The fraction of sp³-hybridized carbons (Fsp3) is 0.286. The largest absolute Gasteiger partial charge is 0.486 e. The van der Waals surface area contributed by atoms with Gasteiger partial charge in [-0.3, -0.25) is 19.7 Å². The lowest BCUT2D eigenvalue weighted by molar-refractivity contribution is -0.386. The molecule has 4 rings (SSSR count). The second-order valence-corrected chi connectivity index (χ2v) is 5.91. The van der Waals surface area contributed by atoms with Gasteiger partial charge < -0.3 is 15.0 Å². The van der Waals surface area contributed by atoms with Gasteiger partial charge in [-0.2, -0.15) is 8.78 Å². The summed E-state index contributed by atoms with van der Waals surface area (Å²) in [5.74, 6) is -5.02. The Morgan fingerprint density at radius 1 is 1.38 bits per heavy atom. The summed E-state index contributed by atoms with van der Waals surface area (Å²) in [6.07, 6.45) is 2.36. The number of aromatic nitrogens is 1. The third-order valence-electron chi connectivity index (χ3n) is 4.53. The van der Waals surface area contributed by atoms with E-state index in [0.717, 1.165) is 6.20 Å². The molecule has 1 spiro atoms. The van der Waals surface area contributed by atoms with Gasteiger partial charge in [0.1, 0.15) is 23.1 Å². The first kappa shape index (κ1) is 14.5. The predicted octanol–water partition coefficient (Wildman–Crippen LogP) is 1.17. The highest BCUT2D eigenvalue weighted by Crippen LogP contribution is 2.51. The van der Waals surface area contributed by atoms with E-state index >= 15 is 0 Å². The molecule has 1 aliphatic heterocycles. The molecule has 0 unspecified atom stereocenters. The van der Waals surface area contributed by atoms with Gasteiger partial charge in [0, 0.05) is 6.20 Å². The maximum absolute atomic E-state index is 14.2. The molecule has 124 valence electrons. The molecule has 0 saturated heterocycles. The number of carbonyl (C=O) groups is 1. The maximum atomic E-state index is 14.2. The predicted molar refractivity (Wildman–Crippen MR) is 76.0 cm³/mol. The highest BCUT2D eigenvalue weighted by molar-refractivity contribution is 6.01. The van der Waals surface area contributed by atoms with Crippen molar-refractivity contribution in [2.75, 3.05) is 6.61 Å². The molecule has 1 saturated carbocycles. The highest BCUT2D eigenvalue weighted by Gasteiger charge is 2.50. The van der Waals surface area contributed by atoms with Gasteiger partial charge in [-0.05, 0) is 12.8 Å². The lowest BCUT2D eigenvalue weighted by atomic mass is 10.0. The number of hydrogen-bond acceptors (Lipinski definition) is 5. The fourth-order valence-electron chi connectivity index (χ4n) is 3.13. The van der Waals surface area contributed by atoms with Crippen LogP contribution in [0, 0.1) is 21.7 Å². The molecule has 0 atom stereocenters. The number of amides is 1. The molecule has 1 aliphatic carbocycles. The first-order valence-electron chi connectivity index (χ1n) is 6.96. The van der Waals surface area contributed by atoms with Crippen LogP contribution >= 0.6 is 0 Å².